The molecule has 0 unspecified atom stereocenters. The van der Waals surface area contributed by atoms with Gasteiger partial charge in [0.2, 0.25) is 0 Å². The highest BCUT2D eigenvalue weighted by atomic mass is 32.1. The number of nitrogens with one attached hydrogen (secondary N) is 1. The number of carboxylic acid groups (broad SMARTS) is 1. The number of nitrogens with zero attached hydrogens (tertiary/aromatic N) is 2. The van der Waals surface area contributed by atoms with E-state index in [1.165, 1.54) is 5.38 Å². The van der Waals surface area contributed by atoms with Crippen LogP contribution in [-0.4, -0.2) is 32.1 Å². The minimum Gasteiger partial charge on any atom is -0.480 e. The van der Waals surface area contributed by atoms with E-state index in [9.17, 15) is 9.59 Å². The fraction of sp³-hybridized carbons (Fsp3) is 0.429. The summed E-state index contributed by atoms with van der Waals surface area (Å²) in [6, 6.07) is 0. The lowest BCUT2D eigenvalue weighted by molar-refractivity contribution is -0.140. The molecular formula is C7H7N3O3S. The van der Waals surface area contributed by atoms with Gasteiger partial charge < -0.3 is 10.4 Å². The average molecular weight is 213 g/mol. The molecule has 1 aliphatic carbocycles. The summed E-state index contributed by atoms with van der Waals surface area (Å²) in [4.78, 5) is 22.1. The van der Waals surface area contributed by atoms with Crippen LogP contribution < -0.4 is 5.32 Å². The first-order valence-corrected chi connectivity index (χ1v) is 4.81. The van der Waals surface area contributed by atoms with Crippen LogP contribution in [-0.2, 0) is 4.79 Å². The van der Waals surface area contributed by atoms with Gasteiger partial charge in [-0.3, -0.25) is 4.79 Å². The highest BCUT2D eigenvalue weighted by molar-refractivity contribution is 7.03. The Morgan fingerprint density at radius 2 is 2.29 bits per heavy atom. The molecule has 6 nitrogen and oxygen atoms in total. The van der Waals surface area contributed by atoms with Crippen LogP contribution in [0.5, 0.6) is 0 Å². The van der Waals surface area contributed by atoms with E-state index in [4.69, 9.17) is 5.11 Å². The molecule has 0 bridgehead atoms. The lowest BCUT2D eigenvalue weighted by atomic mass is 10.2. The predicted molar refractivity (Wildman–Crippen MR) is 47.0 cm³/mol. The summed E-state index contributed by atoms with van der Waals surface area (Å²) in [5.41, 5.74) is -0.886. The van der Waals surface area contributed by atoms with Gasteiger partial charge in [-0.2, -0.15) is 0 Å². The van der Waals surface area contributed by atoms with Crippen molar-refractivity contribution in [3.63, 3.8) is 0 Å². The molecular weight excluding hydrogens is 206 g/mol. The Labute approximate surface area is 83.1 Å². The third kappa shape index (κ3) is 1.46. The first-order valence-electron chi connectivity index (χ1n) is 3.97. The van der Waals surface area contributed by atoms with E-state index in [1.807, 2.05) is 0 Å². The molecule has 1 fully saturated rings. The molecule has 1 heterocycles. The number of carbonyl (C=O) groups is 2. The van der Waals surface area contributed by atoms with Crippen molar-refractivity contribution in [1.82, 2.24) is 14.9 Å². The number of aliphatic carboxylic acids is 1. The minimum atomic E-state index is -1.05. The van der Waals surface area contributed by atoms with Crippen LogP contribution in [0.15, 0.2) is 5.38 Å². The fourth-order valence-corrected chi connectivity index (χ4v) is 1.50. The van der Waals surface area contributed by atoms with E-state index in [2.05, 4.69) is 14.9 Å². The second-order valence-corrected chi connectivity index (χ2v) is 3.74. The summed E-state index contributed by atoms with van der Waals surface area (Å²) in [5, 5.41) is 16.3. The molecule has 2 rings (SSSR count). The third-order valence-electron chi connectivity index (χ3n) is 2.10. The molecule has 0 atom stereocenters. The zero-order valence-electron chi connectivity index (χ0n) is 7.06. The molecule has 1 aromatic heterocycles. The topological polar surface area (TPSA) is 92.2 Å². The van der Waals surface area contributed by atoms with Gasteiger partial charge in [0.15, 0.2) is 5.69 Å². The molecule has 0 saturated heterocycles. The smallest absolute Gasteiger partial charge is 0.329 e. The lowest BCUT2D eigenvalue weighted by Gasteiger charge is -2.10. The molecule has 1 aliphatic rings. The van der Waals surface area contributed by atoms with Gasteiger partial charge in [0.05, 0.1) is 0 Å². The second kappa shape index (κ2) is 3.02. The van der Waals surface area contributed by atoms with Crippen molar-refractivity contribution in [2.45, 2.75) is 18.4 Å². The number of amides is 1. The number of hydrogen-bond donors (Lipinski definition) is 2. The van der Waals surface area contributed by atoms with Crippen molar-refractivity contribution in [3.8, 4) is 0 Å². The molecule has 74 valence electrons. The Morgan fingerprint density at radius 3 is 2.71 bits per heavy atom. The first-order chi connectivity index (χ1) is 6.64. The van der Waals surface area contributed by atoms with Gasteiger partial charge in [-0.05, 0) is 24.4 Å². The SMILES string of the molecule is O=C(NC1(C(=O)O)CC1)c1csnn1. The molecule has 1 aromatic rings. The van der Waals surface area contributed by atoms with Crippen LogP contribution in [0.25, 0.3) is 0 Å². The van der Waals surface area contributed by atoms with E-state index in [0.717, 1.165) is 11.5 Å². The van der Waals surface area contributed by atoms with E-state index in [-0.39, 0.29) is 5.69 Å². The maximum absolute atomic E-state index is 11.4. The van der Waals surface area contributed by atoms with Crippen LogP contribution in [0.4, 0.5) is 0 Å². The summed E-state index contributed by atoms with van der Waals surface area (Å²) in [6.45, 7) is 0. The van der Waals surface area contributed by atoms with Crippen molar-refractivity contribution in [1.29, 1.82) is 0 Å². The predicted octanol–water partition coefficient (Wildman–Crippen LogP) is -0.115. The van der Waals surface area contributed by atoms with Crippen LogP contribution >= 0.6 is 11.5 Å². The third-order valence-corrected chi connectivity index (χ3v) is 2.61. The molecule has 0 aliphatic heterocycles. The van der Waals surface area contributed by atoms with Crippen molar-refractivity contribution >= 4 is 23.4 Å². The van der Waals surface area contributed by atoms with Gasteiger partial charge in [0.25, 0.3) is 5.91 Å². The van der Waals surface area contributed by atoms with E-state index in [0.29, 0.717) is 12.8 Å². The molecule has 7 heteroatoms. The number of carbonyl (C=O) groups excluding carboxylic acids is 1. The van der Waals surface area contributed by atoms with Crippen molar-refractivity contribution < 1.29 is 14.7 Å². The van der Waals surface area contributed by atoms with E-state index < -0.39 is 17.4 Å². The largest absolute Gasteiger partial charge is 0.480 e. The standard InChI is InChI=1S/C7H7N3O3S/c11-5(4-3-14-10-9-4)8-7(1-2-7)6(12)13/h3H,1-2H2,(H,8,11)(H,12,13). The summed E-state index contributed by atoms with van der Waals surface area (Å²) in [5.74, 6) is -1.47. The van der Waals surface area contributed by atoms with Gasteiger partial charge in [-0.1, -0.05) is 4.49 Å². The quantitative estimate of drug-likeness (QED) is 0.730. The van der Waals surface area contributed by atoms with Crippen LogP contribution in [0.3, 0.4) is 0 Å². The maximum Gasteiger partial charge on any atom is 0.329 e. The Hall–Kier alpha value is -1.50. The van der Waals surface area contributed by atoms with Gasteiger partial charge >= 0.3 is 5.97 Å². The van der Waals surface area contributed by atoms with Gasteiger partial charge in [0, 0.05) is 5.38 Å². The van der Waals surface area contributed by atoms with Crippen LogP contribution in [0, 0.1) is 0 Å². The monoisotopic (exact) mass is 213 g/mol. The Morgan fingerprint density at radius 1 is 1.57 bits per heavy atom. The average Bonchev–Trinajstić information content (AvgIpc) is 2.74. The Balaban J connectivity index is 2.06. The van der Waals surface area contributed by atoms with E-state index in [1.54, 1.807) is 0 Å². The van der Waals surface area contributed by atoms with Crippen molar-refractivity contribution in [3.05, 3.63) is 11.1 Å². The van der Waals surface area contributed by atoms with Crippen molar-refractivity contribution in [2.24, 2.45) is 0 Å². The van der Waals surface area contributed by atoms with Crippen LogP contribution in [0.1, 0.15) is 23.3 Å². The lowest BCUT2D eigenvalue weighted by Crippen LogP contribution is -2.43. The minimum absolute atomic E-state index is 0.169. The summed E-state index contributed by atoms with van der Waals surface area (Å²) < 4.78 is 3.52. The summed E-state index contributed by atoms with van der Waals surface area (Å²) in [7, 11) is 0. The molecule has 0 aromatic carbocycles. The molecule has 1 amide bonds. The fourth-order valence-electron chi connectivity index (χ4n) is 1.06. The molecule has 14 heavy (non-hydrogen) atoms. The van der Waals surface area contributed by atoms with Gasteiger partial charge in [-0.15, -0.1) is 5.10 Å². The number of hydrogen-bond acceptors (Lipinski definition) is 5. The van der Waals surface area contributed by atoms with Gasteiger partial charge in [0.1, 0.15) is 5.54 Å². The molecule has 0 spiro atoms. The second-order valence-electron chi connectivity index (χ2n) is 3.13. The zero-order valence-corrected chi connectivity index (χ0v) is 7.87. The van der Waals surface area contributed by atoms with Crippen LogP contribution in [0.2, 0.25) is 0 Å². The summed E-state index contributed by atoms with van der Waals surface area (Å²) in [6.07, 6.45) is 0.956. The normalized spacial score (nSPS) is 17.4. The van der Waals surface area contributed by atoms with E-state index >= 15 is 0 Å². The summed E-state index contributed by atoms with van der Waals surface area (Å²) >= 11 is 1.05. The zero-order chi connectivity index (χ0) is 10.2. The number of carboxylic acids is 1. The number of aromatic nitrogens is 2. The highest BCUT2D eigenvalue weighted by Crippen LogP contribution is 2.35. The first kappa shape index (κ1) is 9.07. The molecule has 1 saturated carbocycles. The molecule has 0 radical (unpaired) electrons. The van der Waals surface area contributed by atoms with Gasteiger partial charge in [-0.25, -0.2) is 4.79 Å². The maximum atomic E-state index is 11.4. The Kier molecular flexibility index (Phi) is 1.95. The van der Waals surface area contributed by atoms with Crippen molar-refractivity contribution in [2.75, 3.05) is 0 Å². The highest BCUT2D eigenvalue weighted by Gasteiger charge is 2.51. The number of rotatable bonds is 3. The molecule has 2 N–H and O–H groups in total. The Bertz CT molecular complexity index is 372.